The van der Waals surface area contributed by atoms with Gasteiger partial charge >= 0.3 is 0 Å². The molecule has 0 saturated carbocycles. The lowest BCUT2D eigenvalue weighted by molar-refractivity contribution is -0.870. The first kappa shape index (κ1) is 61.0. The number of allylic oxidation sites excluding steroid dienone is 3. The Morgan fingerprint density at radius 2 is 0.887 bits per heavy atom. The molecule has 0 aliphatic rings. The molecule has 0 bridgehead atoms. The van der Waals surface area contributed by atoms with Crippen LogP contribution in [-0.2, 0) is 18.4 Å². The summed E-state index contributed by atoms with van der Waals surface area (Å²) in [5, 5.41) is 13.9. The van der Waals surface area contributed by atoms with Crippen LogP contribution >= 0.6 is 7.82 Å². The van der Waals surface area contributed by atoms with Gasteiger partial charge in [0.25, 0.3) is 7.82 Å². The Bertz CT molecular complexity index is 1060. The first-order valence-corrected chi connectivity index (χ1v) is 28.2. The second-order valence-electron chi connectivity index (χ2n) is 19.6. The number of likely N-dealkylation sites (N-methyl/N-ethyl adjacent to an activating group) is 1. The van der Waals surface area contributed by atoms with E-state index in [0.29, 0.717) is 17.4 Å². The average Bonchev–Trinajstić information content (AvgIpc) is 3.23. The number of carbonyl (C=O) groups is 1. The Kier molecular flexibility index (Phi) is 44.4. The third-order valence-electron chi connectivity index (χ3n) is 12.2. The van der Waals surface area contributed by atoms with Crippen LogP contribution in [0.25, 0.3) is 0 Å². The van der Waals surface area contributed by atoms with Crippen LogP contribution in [0, 0.1) is 0 Å². The maximum absolute atomic E-state index is 12.9. The molecule has 1 amide bonds. The van der Waals surface area contributed by atoms with Crippen LogP contribution < -0.4 is 10.2 Å². The van der Waals surface area contributed by atoms with Gasteiger partial charge < -0.3 is 28.8 Å². The van der Waals surface area contributed by atoms with Crippen LogP contribution in [0.15, 0.2) is 24.3 Å². The molecule has 0 aliphatic heterocycles. The summed E-state index contributed by atoms with van der Waals surface area (Å²) in [4.78, 5) is 25.4. The molecule has 0 fully saturated rings. The number of amides is 1. The summed E-state index contributed by atoms with van der Waals surface area (Å²) >= 11 is 0. The molecule has 0 saturated heterocycles. The minimum Gasteiger partial charge on any atom is -0.756 e. The lowest BCUT2D eigenvalue weighted by Gasteiger charge is -2.29. The van der Waals surface area contributed by atoms with Crippen LogP contribution in [-0.4, -0.2) is 68.5 Å². The van der Waals surface area contributed by atoms with Crippen molar-refractivity contribution >= 4 is 13.7 Å². The van der Waals surface area contributed by atoms with Crippen LogP contribution in [0.4, 0.5) is 0 Å². The van der Waals surface area contributed by atoms with Crippen molar-refractivity contribution in [1.29, 1.82) is 0 Å². The summed E-state index contributed by atoms with van der Waals surface area (Å²) in [6.45, 7) is 4.67. The van der Waals surface area contributed by atoms with E-state index in [1.807, 2.05) is 27.2 Å². The van der Waals surface area contributed by atoms with Crippen molar-refractivity contribution in [3.8, 4) is 0 Å². The molecular weight excluding hydrogens is 792 g/mol. The zero-order valence-electron chi connectivity index (χ0n) is 41.8. The monoisotopic (exact) mass is 897 g/mol. The quantitative estimate of drug-likeness (QED) is 0.0273. The van der Waals surface area contributed by atoms with Crippen molar-refractivity contribution in [3.05, 3.63) is 24.3 Å². The van der Waals surface area contributed by atoms with E-state index in [2.05, 4.69) is 31.3 Å². The predicted molar refractivity (Wildman–Crippen MR) is 265 cm³/mol. The van der Waals surface area contributed by atoms with Gasteiger partial charge in [-0.25, -0.2) is 0 Å². The lowest BCUT2D eigenvalue weighted by atomic mass is 10.0. The van der Waals surface area contributed by atoms with Crippen molar-refractivity contribution in [1.82, 2.24) is 5.32 Å². The Labute approximate surface area is 385 Å². The Balaban J connectivity index is 4.28. The van der Waals surface area contributed by atoms with Crippen molar-refractivity contribution in [3.63, 3.8) is 0 Å². The molecule has 0 radical (unpaired) electrons. The molecule has 0 spiro atoms. The van der Waals surface area contributed by atoms with Gasteiger partial charge in [-0.2, -0.15) is 0 Å². The second kappa shape index (κ2) is 45.1. The zero-order valence-corrected chi connectivity index (χ0v) is 42.7. The summed E-state index contributed by atoms with van der Waals surface area (Å²) in [7, 11) is 1.26. The maximum Gasteiger partial charge on any atom is 0.268 e. The van der Waals surface area contributed by atoms with E-state index in [-0.39, 0.29) is 19.1 Å². The Hall–Kier alpha value is -1.02. The first-order valence-electron chi connectivity index (χ1n) is 26.7. The molecule has 0 aromatic carbocycles. The number of hydrogen-bond acceptors (Lipinski definition) is 6. The minimum absolute atomic E-state index is 0.00111. The Morgan fingerprint density at radius 3 is 1.26 bits per heavy atom. The van der Waals surface area contributed by atoms with E-state index in [1.54, 1.807) is 6.08 Å². The number of nitrogens with zero attached hydrogens (tertiary/aromatic N) is 1. The van der Waals surface area contributed by atoms with E-state index >= 15 is 0 Å². The average molecular weight is 897 g/mol. The summed E-state index contributed by atoms with van der Waals surface area (Å²) < 4.78 is 23.3. The van der Waals surface area contributed by atoms with Crippen LogP contribution in [0.1, 0.15) is 258 Å². The first-order chi connectivity index (χ1) is 30.0. The van der Waals surface area contributed by atoms with Gasteiger partial charge in [-0.1, -0.05) is 231 Å². The normalized spacial score (nSPS) is 14.2. The van der Waals surface area contributed by atoms with E-state index in [9.17, 15) is 19.4 Å². The predicted octanol–water partition coefficient (Wildman–Crippen LogP) is 15.0. The van der Waals surface area contributed by atoms with Crippen molar-refractivity contribution < 1.29 is 32.9 Å². The molecule has 0 heterocycles. The third-order valence-corrected chi connectivity index (χ3v) is 13.1. The van der Waals surface area contributed by atoms with Gasteiger partial charge in [-0.15, -0.1) is 0 Å². The van der Waals surface area contributed by atoms with Crippen molar-refractivity contribution in [2.24, 2.45) is 0 Å². The molecule has 0 aliphatic carbocycles. The fraction of sp³-hybridized carbons (Fsp3) is 0.906. The highest BCUT2D eigenvalue weighted by molar-refractivity contribution is 7.45. The zero-order chi connectivity index (χ0) is 45.7. The fourth-order valence-corrected chi connectivity index (χ4v) is 8.64. The second-order valence-corrected chi connectivity index (χ2v) is 21.0. The van der Waals surface area contributed by atoms with Crippen LogP contribution in [0.3, 0.4) is 0 Å². The summed E-state index contributed by atoms with van der Waals surface area (Å²) in [5.41, 5.74) is 0. The van der Waals surface area contributed by atoms with Crippen LogP contribution in [0.5, 0.6) is 0 Å². The summed E-state index contributed by atoms with van der Waals surface area (Å²) in [5.74, 6) is -0.203. The smallest absolute Gasteiger partial charge is 0.268 e. The van der Waals surface area contributed by atoms with E-state index in [0.717, 1.165) is 51.4 Å². The van der Waals surface area contributed by atoms with Gasteiger partial charge in [0.1, 0.15) is 13.2 Å². The molecule has 8 nitrogen and oxygen atoms in total. The molecule has 2 N–H and O–H groups in total. The number of phosphoric ester groups is 1. The van der Waals surface area contributed by atoms with E-state index in [1.165, 1.54) is 186 Å². The maximum atomic E-state index is 12.9. The number of rotatable bonds is 49. The highest BCUT2D eigenvalue weighted by Crippen LogP contribution is 2.38. The minimum atomic E-state index is -4.59. The van der Waals surface area contributed by atoms with Crippen molar-refractivity contribution in [2.75, 3.05) is 40.9 Å². The number of carbonyl (C=O) groups excluding carboxylic acids is 1. The number of aliphatic hydroxyl groups excluding tert-OH is 1. The molecular formula is C53H105N2O6P. The molecule has 9 heteroatoms. The van der Waals surface area contributed by atoms with Gasteiger partial charge in [0.05, 0.1) is 39.9 Å². The van der Waals surface area contributed by atoms with Gasteiger partial charge in [0.2, 0.25) is 5.91 Å². The summed E-state index contributed by atoms with van der Waals surface area (Å²) in [6.07, 6.45) is 55.2. The van der Waals surface area contributed by atoms with E-state index in [4.69, 9.17) is 9.05 Å². The topological polar surface area (TPSA) is 108 Å². The molecule has 0 aromatic rings. The number of hydrogen-bond donors (Lipinski definition) is 2. The molecule has 0 rings (SSSR count). The molecule has 3 atom stereocenters. The van der Waals surface area contributed by atoms with Gasteiger partial charge in [-0.3, -0.25) is 9.36 Å². The summed E-state index contributed by atoms with van der Waals surface area (Å²) in [6, 6.07) is -0.889. The number of unbranched alkanes of at least 4 members (excludes halogenated alkanes) is 34. The molecule has 62 heavy (non-hydrogen) atoms. The molecule has 368 valence electrons. The van der Waals surface area contributed by atoms with Crippen molar-refractivity contribution in [2.45, 2.75) is 270 Å². The number of aliphatic hydroxyl groups is 1. The van der Waals surface area contributed by atoms with Crippen LogP contribution in [0.2, 0.25) is 0 Å². The van der Waals surface area contributed by atoms with Gasteiger partial charge in [0, 0.05) is 6.42 Å². The van der Waals surface area contributed by atoms with E-state index < -0.39 is 20.0 Å². The molecule has 0 aromatic heterocycles. The SMILES string of the molecule is CCCCCCCCCCC/C=C\CCCCCCCC(=O)NC(COP(=O)([O-])OCC[N+](C)(C)C)C(O)/C=C/CCCCCCCCCCCCCCCCCCCCCC. The highest BCUT2D eigenvalue weighted by Gasteiger charge is 2.23. The Morgan fingerprint density at radius 1 is 0.548 bits per heavy atom. The van der Waals surface area contributed by atoms with Gasteiger partial charge in [0.15, 0.2) is 0 Å². The highest BCUT2D eigenvalue weighted by atomic mass is 31.2. The third kappa shape index (κ3) is 47.0. The largest absolute Gasteiger partial charge is 0.756 e. The number of nitrogens with one attached hydrogen (secondary N) is 1. The van der Waals surface area contributed by atoms with Gasteiger partial charge in [-0.05, 0) is 44.9 Å². The fourth-order valence-electron chi connectivity index (χ4n) is 7.91. The lowest BCUT2D eigenvalue weighted by Crippen LogP contribution is -2.45. The number of phosphoric acid groups is 1. The molecule has 3 unspecified atom stereocenters. The number of quaternary nitrogens is 1. The standard InChI is InChI=1S/C53H105N2O6P/c1-6-8-10-12-14-16-18-20-22-24-26-27-28-29-30-32-34-36-38-40-42-44-46-52(56)51(50-61-62(58,59)60-49-48-55(3,4)5)54-53(57)47-45-43-41-39-37-35-33-31-25-23-21-19-17-15-13-11-9-7-2/h31,33,44,46,51-52,56H,6-30,32,34-43,45,47-50H2,1-5H3,(H-,54,57,58,59)/b33-31-,46-44+.